The Labute approximate surface area is 206 Å². The van der Waals surface area contributed by atoms with Gasteiger partial charge in [0.1, 0.15) is 6.33 Å². The van der Waals surface area contributed by atoms with Crippen molar-refractivity contribution >= 4 is 16.8 Å². The summed E-state index contributed by atoms with van der Waals surface area (Å²) in [7, 11) is 1.88. The molecule has 3 aromatic heterocycles. The Kier molecular flexibility index (Phi) is 6.15. The van der Waals surface area contributed by atoms with E-state index < -0.39 is 0 Å². The molecule has 8 nitrogen and oxygen atoms in total. The van der Waals surface area contributed by atoms with Crippen molar-refractivity contribution in [1.29, 1.82) is 0 Å². The Hall–Kier alpha value is -3.52. The van der Waals surface area contributed by atoms with Crippen LogP contribution in [-0.2, 0) is 13.6 Å². The summed E-state index contributed by atoms with van der Waals surface area (Å²) >= 11 is 0. The number of piperazine rings is 1. The minimum atomic E-state index is 0.0931. The van der Waals surface area contributed by atoms with Crippen molar-refractivity contribution in [2.45, 2.75) is 40.2 Å². The van der Waals surface area contributed by atoms with Gasteiger partial charge < -0.3 is 9.88 Å². The molecule has 1 fully saturated rings. The van der Waals surface area contributed by atoms with E-state index in [9.17, 15) is 4.79 Å². The quantitative estimate of drug-likeness (QED) is 0.475. The van der Waals surface area contributed by atoms with E-state index in [-0.39, 0.29) is 5.91 Å². The number of carbonyl (C=O) groups excluding carboxylic acids is 1. The van der Waals surface area contributed by atoms with Gasteiger partial charge in [-0.2, -0.15) is 5.10 Å². The summed E-state index contributed by atoms with van der Waals surface area (Å²) < 4.78 is 1.72. The second-order valence-corrected chi connectivity index (χ2v) is 9.87. The van der Waals surface area contributed by atoms with Gasteiger partial charge >= 0.3 is 0 Å². The predicted molar refractivity (Wildman–Crippen MR) is 137 cm³/mol. The van der Waals surface area contributed by atoms with Crippen LogP contribution in [-0.4, -0.2) is 66.6 Å². The molecule has 1 N–H and O–H groups in total. The lowest BCUT2D eigenvalue weighted by Crippen LogP contribution is -2.48. The molecule has 0 saturated carbocycles. The van der Waals surface area contributed by atoms with Crippen LogP contribution in [0.25, 0.3) is 22.2 Å². The maximum absolute atomic E-state index is 13.4. The number of fused-ring (bicyclic) bond motifs is 1. The summed E-state index contributed by atoms with van der Waals surface area (Å²) in [6.07, 6.45) is 1.72. The van der Waals surface area contributed by atoms with Crippen LogP contribution in [0.3, 0.4) is 0 Å². The Balaban J connectivity index is 1.38. The molecule has 0 atom stereocenters. The van der Waals surface area contributed by atoms with E-state index in [1.165, 1.54) is 5.56 Å². The fraction of sp³-hybridized carbons (Fsp3) is 0.407. The lowest BCUT2D eigenvalue weighted by atomic mass is 9.95. The summed E-state index contributed by atoms with van der Waals surface area (Å²) in [5.41, 5.74) is 7.30. The molecule has 0 spiro atoms. The molecule has 1 aliphatic heterocycles. The van der Waals surface area contributed by atoms with Crippen molar-refractivity contribution in [3.63, 3.8) is 0 Å². The summed E-state index contributed by atoms with van der Waals surface area (Å²) in [5.74, 6) is 1.22. The second-order valence-electron chi connectivity index (χ2n) is 9.87. The molecule has 1 aliphatic rings. The lowest BCUT2D eigenvalue weighted by Gasteiger charge is -2.34. The number of hydrogen-bond acceptors (Lipinski definition) is 5. The number of amides is 1. The molecular formula is C27H33N7O. The van der Waals surface area contributed by atoms with Crippen molar-refractivity contribution in [3.8, 4) is 11.3 Å². The van der Waals surface area contributed by atoms with Crippen LogP contribution < -0.4 is 0 Å². The third-order valence-corrected chi connectivity index (χ3v) is 6.70. The van der Waals surface area contributed by atoms with Crippen LogP contribution in [0.15, 0.2) is 36.7 Å². The van der Waals surface area contributed by atoms with Crippen molar-refractivity contribution in [3.05, 3.63) is 65.0 Å². The van der Waals surface area contributed by atoms with E-state index in [1.54, 1.807) is 11.0 Å². The van der Waals surface area contributed by atoms with Crippen LogP contribution in [0.2, 0.25) is 0 Å². The Morgan fingerprint density at radius 2 is 1.77 bits per heavy atom. The van der Waals surface area contributed by atoms with E-state index in [0.29, 0.717) is 25.6 Å². The zero-order chi connectivity index (χ0) is 24.7. The maximum Gasteiger partial charge on any atom is 0.253 e. The number of rotatable bonds is 5. The molecule has 0 aliphatic carbocycles. The fourth-order valence-electron chi connectivity index (χ4n) is 5.10. The van der Waals surface area contributed by atoms with Gasteiger partial charge in [-0.1, -0.05) is 13.8 Å². The van der Waals surface area contributed by atoms with Crippen molar-refractivity contribution in [2.75, 3.05) is 26.2 Å². The standard InChI is InChI=1S/C27H33N7O/c1-17(2)25-22-14-20(6-7-23(22)30-26(25)21-12-18(3)29-19(4)13-21)27(35)34-10-8-33(9-11-34)15-24-28-16-32(5)31-24/h6-7,12-14,16-17,30H,8-11,15H2,1-5H3. The molecule has 1 saturated heterocycles. The van der Waals surface area contributed by atoms with Crippen LogP contribution in [0, 0.1) is 13.8 Å². The first-order valence-electron chi connectivity index (χ1n) is 12.3. The van der Waals surface area contributed by atoms with Gasteiger partial charge in [-0.05, 0) is 55.7 Å². The molecule has 182 valence electrons. The van der Waals surface area contributed by atoms with Gasteiger partial charge in [0.2, 0.25) is 0 Å². The molecule has 8 heteroatoms. The first-order valence-corrected chi connectivity index (χ1v) is 12.3. The molecule has 1 amide bonds. The molecule has 4 aromatic rings. The normalized spacial score (nSPS) is 14.9. The highest BCUT2D eigenvalue weighted by Crippen LogP contribution is 2.36. The Morgan fingerprint density at radius 3 is 2.40 bits per heavy atom. The predicted octanol–water partition coefficient (Wildman–Crippen LogP) is 4.06. The number of aromatic nitrogens is 5. The van der Waals surface area contributed by atoms with E-state index in [1.807, 2.05) is 37.9 Å². The smallest absolute Gasteiger partial charge is 0.253 e. The molecule has 0 radical (unpaired) electrons. The topological polar surface area (TPSA) is 82.9 Å². The Morgan fingerprint density at radius 1 is 1.06 bits per heavy atom. The van der Waals surface area contributed by atoms with Gasteiger partial charge in [0.25, 0.3) is 5.91 Å². The number of nitrogens with one attached hydrogen (secondary N) is 1. The van der Waals surface area contributed by atoms with Gasteiger partial charge in [-0.3, -0.25) is 19.4 Å². The van der Waals surface area contributed by atoms with Crippen LogP contribution in [0.5, 0.6) is 0 Å². The Bertz CT molecular complexity index is 1360. The number of hydrogen-bond donors (Lipinski definition) is 1. The first kappa shape index (κ1) is 23.2. The molecular weight excluding hydrogens is 438 g/mol. The van der Waals surface area contributed by atoms with E-state index in [2.05, 4.69) is 57.0 Å². The SMILES string of the molecule is Cc1cc(-c2[nH]c3ccc(C(=O)N4CCN(Cc5ncn(C)n5)CC4)cc3c2C(C)C)cc(C)n1. The number of carbonyl (C=O) groups is 1. The molecule has 0 bridgehead atoms. The molecule has 4 heterocycles. The summed E-state index contributed by atoms with van der Waals surface area (Å²) in [6, 6.07) is 10.3. The third-order valence-electron chi connectivity index (χ3n) is 6.70. The number of nitrogens with zero attached hydrogens (tertiary/aromatic N) is 6. The summed E-state index contributed by atoms with van der Waals surface area (Å²) in [6.45, 7) is 12.2. The molecule has 35 heavy (non-hydrogen) atoms. The average molecular weight is 472 g/mol. The van der Waals surface area contributed by atoms with Crippen LogP contribution in [0.4, 0.5) is 0 Å². The fourth-order valence-corrected chi connectivity index (χ4v) is 5.10. The van der Waals surface area contributed by atoms with Crippen molar-refractivity contribution in [2.24, 2.45) is 7.05 Å². The van der Waals surface area contributed by atoms with Gasteiger partial charge in [0, 0.05) is 66.6 Å². The third kappa shape index (κ3) is 4.71. The highest BCUT2D eigenvalue weighted by atomic mass is 16.2. The largest absolute Gasteiger partial charge is 0.354 e. The lowest BCUT2D eigenvalue weighted by molar-refractivity contribution is 0.0625. The van der Waals surface area contributed by atoms with Crippen LogP contribution >= 0.6 is 0 Å². The zero-order valence-electron chi connectivity index (χ0n) is 21.2. The highest BCUT2D eigenvalue weighted by molar-refractivity contribution is 6.00. The van der Waals surface area contributed by atoms with Crippen LogP contribution in [0.1, 0.15) is 52.9 Å². The summed E-state index contributed by atoms with van der Waals surface area (Å²) in [5, 5.41) is 5.49. The molecule has 0 unspecified atom stereocenters. The number of benzene rings is 1. The van der Waals surface area contributed by atoms with Gasteiger partial charge in [0.05, 0.1) is 12.2 Å². The zero-order valence-corrected chi connectivity index (χ0v) is 21.2. The summed E-state index contributed by atoms with van der Waals surface area (Å²) in [4.78, 5) is 30.2. The van der Waals surface area contributed by atoms with Crippen molar-refractivity contribution < 1.29 is 4.79 Å². The van der Waals surface area contributed by atoms with E-state index >= 15 is 0 Å². The monoisotopic (exact) mass is 471 g/mol. The first-order chi connectivity index (χ1) is 16.8. The highest BCUT2D eigenvalue weighted by Gasteiger charge is 2.24. The van der Waals surface area contributed by atoms with Gasteiger partial charge in [-0.25, -0.2) is 4.98 Å². The van der Waals surface area contributed by atoms with Gasteiger partial charge in [-0.15, -0.1) is 0 Å². The number of pyridine rings is 1. The van der Waals surface area contributed by atoms with E-state index in [0.717, 1.165) is 58.0 Å². The molecule has 5 rings (SSSR count). The molecule has 1 aromatic carbocycles. The number of aryl methyl sites for hydroxylation is 3. The minimum Gasteiger partial charge on any atom is -0.354 e. The number of aromatic amines is 1. The second kappa shape index (κ2) is 9.26. The average Bonchev–Trinajstić information content (AvgIpc) is 3.41. The van der Waals surface area contributed by atoms with Gasteiger partial charge in [0.15, 0.2) is 5.82 Å². The minimum absolute atomic E-state index is 0.0931. The van der Waals surface area contributed by atoms with Crippen molar-refractivity contribution in [1.82, 2.24) is 34.5 Å². The number of H-pyrrole nitrogens is 1. The van der Waals surface area contributed by atoms with E-state index in [4.69, 9.17) is 0 Å². The maximum atomic E-state index is 13.4.